The number of carbonyl (C=O) groups excluding carboxylic acids is 2. The molecule has 0 aliphatic carbocycles. The minimum absolute atomic E-state index is 0.0624. The van der Waals surface area contributed by atoms with Crippen molar-refractivity contribution in [2.75, 3.05) is 6.54 Å². The van der Waals surface area contributed by atoms with E-state index in [1.54, 1.807) is 4.90 Å². The number of hydrogen-bond acceptors (Lipinski definition) is 2. The van der Waals surface area contributed by atoms with Crippen LogP contribution in [0.5, 0.6) is 0 Å². The van der Waals surface area contributed by atoms with Crippen molar-refractivity contribution >= 4 is 11.8 Å². The second-order valence-corrected chi connectivity index (χ2v) is 5.03. The fraction of sp³-hybridized carbons (Fsp3) is 0.846. The van der Waals surface area contributed by atoms with Gasteiger partial charge in [0.15, 0.2) is 0 Å². The van der Waals surface area contributed by atoms with Crippen LogP contribution in [-0.2, 0) is 9.59 Å². The van der Waals surface area contributed by atoms with Crippen molar-refractivity contribution in [1.82, 2.24) is 4.90 Å². The summed E-state index contributed by atoms with van der Waals surface area (Å²) >= 11 is 0. The van der Waals surface area contributed by atoms with Gasteiger partial charge < -0.3 is 10.6 Å². The lowest BCUT2D eigenvalue weighted by Gasteiger charge is -2.34. The number of amides is 2. The zero-order valence-corrected chi connectivity index (χ0v) is 11.7. The monoisotopic (exact) mass is 242 g/mol. The lowest BCUT2D eigenvalue weighted by molar-refractivity contribution is -0.146. The molecule has 0 bridgehead atoms. The highest BCUT2D eigenvalue weighted by atomic mass is 16.2. The molecule has 0 aromatic heterocycles. The van der Waals surface area contributed by atoms with Crippen molar-refractivity contribution in [3.63, 3.8) is 0 Å². The molecular formula is C13H26N2O2. The highest BCUT2D eigenvalue weighted by molar-refractivity contribution is 6.34. The van der Waals surface area contributed by atoms with Crippen LogP contribution in [0.3, 0.4) is 0 Å². The minimum Gasteiger partial charge on any atom is -0.361 e. The van der Waals surface area contributed by atoms with Crippen LogP contribution >= 0.6 is 0 Å². The van der Waals surface area contributed by atoms with Crippen LogP contribution in [-0.4, -0.2) is 29.3 Å². The molecule has 17 heavy (non-hydrogen) atoms. The molecule has 0 fully saturated rings. The van der Waals surface area contributed by atoms with E-state index in [4.69, 9.17) is 5.73 Å². The number of nitrogens with zero attached hydrogens (tertiary/aromatic N) is 1. The Morgan fingerprint density at radius 1 is 1.12 bits per heavy atom. The number of primary amides is 1. The molecule has 0 aliphatic heterocycles. The maximum Gasteiger partial charge on any atom is 0.311 e. The van der Waals surface area contributed by atoms with E-state index in [9.17, 15) is 9.59 Å². The van der Waals surface area contributed by atoms with Crippen molar-refractivity contribution in [2.45, 2.75) is 53.5 Å². The smallest absolute Gasteiger partial charge is 0.311 e. The number of nitrogens with two attached hydrogens (primary N) is 1. The third kappa shape index (κ3) is 4.75. The molecule has 0 saturated carbocycles. The summed E-state index contributed by atoms with van der Waals surface area (Å²) in [6.45, 7) is 10.8. The quantitative estimate of drug-likeness (QED) is 0.722. The Morgan fingerprint density at radius 3 is 1.88 bits per heavy atom. The van der Waals surface area contributed by atoms with Gasteiger partial charge in [0.25, 0.3) is 0 Å². The van der Waals surface area contributed by atoms with Crippen LogP contribution in [0.2, 0.25) is 0 Å². The zero-order valence-electron chi connectivity index (χ0n) is 11.7. The summed E-state index contributed by atoms with van der Waals surface area (Å²) in [6.07, 6.45) is 2.00. The van der Waals surface area contributed by atoms with E-state index >= 15 is 0 Å². The summed E-state index contributed by atoms with van der Waals surface area (Å²) in [4.78, 5) is 24.5. The Kier molecular flexibility index (Phi) is 6.85. The summed E-state index contributed by atoms with van der Waals surface area (Å²) in [5.74, 6) is -0.672. The molecule has 1 unspecified atom stereocenters. The predicted octanol–water partition coefficient (Wildman–Crippen LogP) is 1.78. The van der Waals surface area contributed by atoms with Gasteiger partial charge in [-0.3, -0.25) is 9.59 Å². The van der Waals surface area contributed by atoms with E-state index in [1.807, 2.05) is 20.8 Å². The first-order valence-electron chi connectivity index (χ1n) is 6.45. The third-order valence-electron chi connectivity index (χ3n) is 3.26. The van der Waals surface area contributed by atoms with Crippen LogP contribution < -0.4 is 5.73 Å². The lowest BCUT2D eigenvalue weighted by atomic mass is 9.93. The van der Waals surface area contributed by atoms with E-state index in [0.29, 0.717) is 18.4 Å². The van der Waals surface area contributed by atoms with Crippen molar-refractivity contribution in [3.8, 4) is 0 Å². The summed E-state index contributed by atoms with van der Waals surface area (Å²) in [7, 11) is 0. The van der Waals surface area contributed by atoms with Crippen LogP contribution in [0.15, 0.2) is 0 Å². The zero-order chi connectivity index (χ0) is 13.6. The van der Waals surface area contributed by atoms with Gasteiger partial charge in [0.05, 0.1) is 0 Å². The van der Waals surface area contributed by atoms with E-state index < -0.39 is 11.8 Å². The molecule has 0 aromatic carbocycles. The largest absolute Gasteiger partial charge is 0.361 e. The molecule has 0 heterocycles. The second-order valence-electron chi connectivity index (χ2n) is 5.03. The SMILES string of the molecule is CCC(CC)C(C)N(CC(C)C)C(=O)C(N)=O. The Balaban J connectivity index is 4.90. The molecule has 0 rings (SSSR count). The Labute approximate surface area is 105 Å². The number of hydrogen-bond donors (Lipinski definition) is 1. The molecular weight excluding hydrogens is 216 g/mol. The van der Waals surface area contributed by atoms with Crippen molar-refractivity contribution in [3.05, 3.63) is 0 Å². The first kappa shape index (κ1) is 15.9. The third-order valence-corrected chi connectivity index (χ3v) is 3.26. The van der Waals surface area contributed by atoms with Crippen molar-refractivity contribution in [1.29, 1.82) is 0 Å². The summed E-state index contributed by atoms with van der Waals surface area (Å²) < 4.78 is 0. The number of carbonyl (C=O) groups is 2. The first-order valence-corrected chi connectivity index (χ1v) is 6.45. The highest BCUT2D eigenvalue weighted by Crippen LogP contribution is 2.19. The van der Waals surface area contributed by atoms with E-state index in [-0.39, 0.29) is 6.04 Å². The Morgan fingerprint density at radius 2 is 1.59 bits per heavy atom. The summed E-state index contributed by atoms with van der Waals surface area (Å²) in [6, 6.07) is 0.0624. The standard InChI is InChI=1S/C13H26N2O2/c1-6-11(7-2)10(5)15(8-9(3)4)13(17)12(14)16/h9-11H,6-8H2,1-5H3,(H2,14,16). The van der Waals surface area contributed by atoms with Gasteiger partial charge in [-0.2, -0.15) is 0 Å². The van der Waals surface area contributed by atoms with Crippen molar-refractivity contribution in [2.24, 2.45) is 17.6 Å². The predicted molar refractivity (Wildman–Crippen MR) is 69.3 cm³/mol. The molecule has 100 valence electrons. The van der Waals surface area contributed by atoms with Crippen LogP contribution in [0.4, 0.5) is 0 Å². The normalized spacial score (nSPS) is 12.9. The molecule has 2 N–H and O–H groups in total. The van der Waals surface area contributed by atoms with Crippen LogP contribution in [0, 0.1) is 11.8 Å². The van der Waals surface area contributed by atoms with E-state index in [0.717, 1.165) is 12.8 Å². The first-order chi connectivity index (χ1) is 7.84. The summed E-state index contributed by atoms with van der Waals surface area (Å²) in [5.41, 5.74) is 5.10. The molecule has 0 aromatic rings. The van der Waals surface area contributed by atoms with Gasteiger partial charge in [0.1, 0.15) is 0 Å². The molecule has 0 saturated heterocycles. The van der Waals surface area contributed by atoms with Crippen LogP contribution in [0.1, 0.15) is 47.5 Å². The average molecular weight is 242 g/mol. The number of rotatable bonds is 6. The van der Waals surface area contributed by atoms with Gasteiger partial charge in [-0.05, 0) is 18.8 Å². The minimum atomic E-state index is -0.858. The van der Waals surface area contributed by atoms with Gasteiger partial charge in [-0.15, -0.1) is 0 Å². The van der Waals surface area contributed by atoms with E-state index in [2.05, 4.69) is 13.8 Å². The van der Waals surface area contributed by atoms with E-state index in [1.165, 1.54) is 0 Å². The maximum atomic E-state index is 11.8. The summed E-state index contributed by atoms with van der Waals surface area (Å²) in [5, 5.41) is 0. The van der Waals surface area contributed by atoms with Gasteiger partial charge in [0.2, 0.25) is 0 Å². The fourth-order valence-electron chi connectivity index (χ4n) is 2.19. The maximum absolute atomic E-state index is 11.8. The van der Waals surface area contributed by atoms with Gasteiger partial charge in [0, 0.05) is 12.6 Å². The van der Waals surface area contributed by atoms with Gasteiger partial charge in [-0.25, -0.2) is 0 Å². The molecule has 2 amide bonds. The lowest BCUT2D eigenvalue weighted by Crippen LogP contribution is -2.49. The average Bonchev–Trinajstić information content (AvgIpc) is 2.26. The topological polar surface area (TPSA) is 63.4 Å². The fourth-order valence-corrected chi connectivity index (χ4v) is 2.19. The van der Waals surface area contributed by atoms with Gasteiger partial charge in [-0.1, -0.05) is 40.5 Å². The molecule has 0 radical (unpaired) electrons. The second kappa shape index (κ2) is 7.30. The van der Waals surface area contributed by atoms with Crippen LogP contribution in [0.25, 0.3) is 0 Å². The van der Waals surface area contributed by atoms with Crippen molar-refractivity contribution < 1.29 is 9.59 Å². The molecule has 4 heteroatoms. The molecule has 4 nitrogen and oxygen atoms in total. The highest BCUT2D eigenvalue weighted by Gasteiger charge is 2.28. The molecule has 0 aliphatic rings. The molecule has 1 atom stereocenters. The van der Waals surface area contributed by atoms with Gasteiger partial charge >= 0.3 is 11.8 Å². The molecule has 0 spiro atoms. The Hall–Kier alpha value is -1.06. The Bertz CT molecular complexity index is 260.